The highest BCUT2D eigenvalue weighted by molar-refractivity contribution is 5.58. The summed E-state index contributed by atoms with van der Waals surface area (Å²) >= 11 is 0. The van der Waals surface area contributed by atoms with Gasteiger partial charge in [0.1, 0.15) is 18.0 Å². The molecule has 4 nitrogen and oxygen atoms in total. The van der Waals surface area contributed by atoms with Crippen molar-refractivity contribution in [2.45, 2.75) is 26.7 Å². The minimum atomic E-state index is 0.889. The van der Waals surface area contributed by atoms with Crippen LogP contribution in [0.2, 0.25) is 0 Å². The fourth-order valence-corrected chi connectivity index (χ4v) is 1.59. The Kier molecular flexibility index (Phi) is 4.34. The molecule has 84 valence electrons. The zero-order chi connectivity index (χ0) is 11.3. The molecule has 1 aromatic heterocycles. The quantitative estimate of drug-likeness (QED) is 0.802. The first-order valence-corrected chi connectivity index (χ1v) is 5.45. The van der Waals surface area contributed by atoms with Crippen LogP contribution in [0.4, 0.5) is 11.6 Å². The van der Waals surface area contributed by atoms with Gasteiger partial charge in [0.05, 0.1) is 0 Å². The van der Waals surface area contributed by atoms with Gasteiger partial charge in [0.25, 0.3) is 0 Å². The van der Waals surface area contributed by atoms with Crippen LogP contribution in [0.3, 0.4) is 0 Å². The summed E-state index contributed by atoms with van der Waals surface area (Å²) in [5.74, 6) is 1.99. The summed E-state index contributed by atoms with van der Waals surface area (Å²) in [5.41, 5.74) is 1.21. The van der Waals surface area contributed by atoms with Gasteiger partial charge in [0.15, 0.2) is 0 Å². The monoisotopic (exact) mass is 208 g/mol. The molecular formula is C11H20N4. The van der Waals surface area contributed by atoms with Gasteiger partial charge in [-0.3, -0.25) is 0 Å². The van der Waals surface area contributed by atoms with Crippen LogP contribution in [0.5, 0.6) is 0 Å². The van der Waals surface area contributed by atoms with E-state index in [1.54, 1.807) is 6.33 Å². The molecule has 4 heteroatoms. The summed E-state index contributed by atoms with van der Waals surface area (Å²) in [7, 11) is 4.02. The summed E-state index contributed by atoms with van der Waals surface area (Å²) in [4.78, 5) is 10.6. The molecule has 0 atom stereocenters. The van der Waals surface area contributed by atoms with Crippen LogP contribution in [-0.4, -0.2) is 30.6 Å². The molecular weight excluding hydrogens is 188 g/mol. The van der Waals surface area contributed by atoms with E-state index < -0.39 is 0 Å². The highest BCUT2D eigenvalue weighted by atomic mass is 15.2. The minimum absolute atomic E-state index is 0.889. The van der Waals surface area contributed by atoms with Crippen molar-refractivity contribution < 1.29 is 0 Å². The fourth-order valence-electron chi connectivity index (χ4n) is 1.59. The van der Waals surface area contributed by atoms with Gasteiger partial charge >= 0.3 is 0 Å². The molecule has 0 fully saturated rings. The van der Waals surface area contributed by atoms with Crippen molar-refractivity contribution in [2.24, 2.45) is 0 Å². The lowest BCUT2D eigenvalue weighted by molar-refractivity contribution is 0.883. The van der Waals surface area contributed by atoms with E-state index in [9.17, 15) is 0 Å². The van der Waals surface area contributed by atoms with Gasteiger partial charge < -0.3 is 10.2 Å². The summed E-state index contributed by atoms with van der Waals surface area (Å²) in [5, 5.41) is 3.28. The number of hydrogen-bond acceptors (Lipinski definition) is 4. The molecule has 0 aliphatic carbocycles. The van der Waals surface area contributed by atoms with Gasteiger partial charge in [-0.05, 0) is 13.3 Å². The second-order valence-electron chi connectivity index (χ2n) is 3.70. The third-order valence-electron chi connectivity index (χ3n) is 2.19. The van der Waals surface area contributed by atoms with E-state index in [1.807, 2.05) is 19.0 Å². The van der Waals surface area contributed by atoms with E-state index in [0.717, 1.165) is 31.0 Å². The van der Waals surface area contributed by atoms with Gasteiger partial charge in [-0.25, -0.2) is 9.97 Å². The predicted octanol–water partition coefficient (Wildman–Crippen LogP) is 1.93. The molecule has 1 aromatic rings. The maximum Gasteiger partial charge on any atom is 0.136 e. The van der Waals surface area contributed by atoms with Crippen molar-refractivity contribution in [3.63, 3.8) is 0 Å². The van der Waals surface area contributed by atoms with E-state index in [0.29, 0.717) is 0 Å². The van der Waals surface area contributed by atoms with Crippen LogP contribution in [0.25, 0.3) is 0 Å². The van der Waals surface area contributed by atoms with Crippen molar-refractivity contribution in [3.05, 3.63) is 11.9 Å². The number of nitrogens with zero attached hydrogens (tertiary/aromatic N) is 3. The van der Waals surface area contributed by atoms with Crippen molar-refractivity contribution in [3.8, 4) is 0 Å². The van der Waals surface area contributed by atoms with E-state index in [1.165, 1.54) is 5.56 Å². The summed E-state index contributed by atoms with van der Waals surface area (Å²) in [6.45, 7) is 5.13. The van der Waals surface area contributed by atoms with E-state index in [2.05, 4.69) is 29.1 Å². The fraction of sp³-hybridized carbons (Fsp3) is 0.636. The Morgan fingerprint density at radius 3 is 2.53 bits per heavy atom. The molecule has 0 aliphatic heterocycles. The van der Waals surface area contributed by atoms with Crippen molar-refractivity contribution in [1.82, 2.24) is 9.97 Å². The highest BCUT2D eigenvalue weighted by Gasteiger charge is 2.11. The second kappa shape index (κ2) is 5.53. The van der Waals surface area contributed by atoms with Crippen LogP contribution in [0.1, 0.15) is 25.8 Å². The maximum absolute atomic E-state index is 4.31. The summed E-state index contributed by atoms with van der Waals surface area (Å²) in [6.07, 6.45) is 3.73. The van der Waals surface area contributed by atoms with E-state index in [-0.39, 0.29) is 0 Å². The summed E-state index contributed by atoms with van der Waals surface area (Å²) in [6, 6.07) is 0. The average Bonchev–Trinajstić information content (AvgIpc) is 2.21. The van der Waals surface area contributed by atoms with E-state index >= 15 is 0 Å². The van der Waals surface area contributed by atoms with Crippen LogP contribution >= 0.6 is 0 Å². The second-order valence-corrected chi connectivity index (χ2v) is 3.70. The van der Waals surface area contributed by atoms with Gasteiger partial charge in [0, 0.05) is 26.2 Å². The molecule has 0 amide bonds. The zero-order valence-corrected chi connectivity index (χ0v) is 10.0. The lowest BCUT2D eigenvalue weighted by Crippen LogP contribution is -2.16. The molecule has 0 aromatic carbocycles. The van der Waals surface area contributed by atoms with Crippen LogP contribution < -0.4 is 10.2 Å². The Balaban J connectivity index is 3.09. The molecule has 0 bridgehead atoms. The number of anilines is 2. The minimum Gasteiger partial charge on any atom is -0.370 e. The molecule has 0 spiro atoms. The van der Waals surface area contributed by atoms with E-state index in [4.69, 9.17) is 0 Å². The molecule has 1 N–H and O–H groups in total. The summed E-state index contributed by atoms with van der Waals surface area (Å²) < 4.78 is 0. The first-order valence-electron chi connectivity index (χ1n) is 5.45. The molecule has 0 saturated carbocycles. The van der Waals surface area contributed by atoms with Gasteiger partial charge in [-0.15, -0.1) is 0 Å². The third kappa shape index (κ3) is 2.81. The van der Waals surface area contributed by atoms with Gasteiger partial charge in [-0.1, -0.05) is 13.3 Å². The molecule has 0 aliphatic rings. The van der Waals surface area contributed by atoms with Crippen LogP contribution in [0.15, 0.2) is 6.33 Å². The zero-order valence-electron chi connectivity index (χ0n) is 10.0. The maximum atomic E-state index is 4.31. The lowest BCUT2D eigenvalue weighted by Gasteiger charge is -2.18. The standard InChI is InChI=1S/C11H20N4/c1-5-7-9-10(12-6-2)13-8-14-11(9)15(3)4/h8H,5-7H2,1-4H3,(H,12,13,14). The number of rotatable bonds is 5. The SMILES string of the molecule is CCCc1c(NCC)ncnc1N(C)C. The van der Waals surface area contributed by atoms with Crippen LogP contribution in [-0.2, 0) is 6.42 Å². The number of nitrogens with one attached hydrogen (secondary N) is 1. The Hall–Kier alpha value is -1.32. The van der Waals surface area contributed by atoms with Gasteiger partial charge in [0.2, 0.25) is 0 Å². The molecule has 1 heterocycles. The predicted molar refractivity (Wildman–Crippen MR) is 64.5 cm³/mol. The van der Waals surface area contributed by atoms with Crippen molar-refractivity contribution in [2.75, 3.05) is 30.9 Å². The smallest absolute Gasteiger partial charge is 0.136 e. The topological polar surface area (TPSA) is 41.1 Å². The first-order chi connectivity index (χ1) is 7.20. The molecule has 0 saturated heterocycles. The number of hydrogen-bond donors (Lipinski definition) is 1. The highest BCUT2D eigenvalue weighted by Crippen LogP contribution is 2.23. The Morgan fingerprint density at radius 1 is 1.27 bits per heavy atom. The third-order valence-corrected chi connectivity index (χ3v) is 2.19. The van der Waals surface area contributed by atoms with Crippen molar-refractivity contribution in [1.29, 1.82) is 0 Å². The first kappa shape index (κ1) is 11.8. The largest absolute Gasteiger partial charge is 0.370 e. The number of aromatic nitrogens is 2. The Morgan fingerprint density at radius 2 is 2.00 bits per heavy atom. The molecule has 0 radical (unpaired) electrons. The lowest BCUT2D eigenvalue weighted by atomic mass is 10.1. The normalized spacial score (nSPS) is 10.1. The molecule has 1 rings (SSSR count). The van der Waals surface area contributed by atoms with Crippen LogP contribution in [0, 0.1) is 0 Å². The van der Waals surface area contributed by atoms with Gasteiger partial charge in [-0.2, -0.15) is 0 Å². The Labute approximate surface area is 91.7 Å². The van der Waals surface area contributed by atoms with Crippen molar-refractivity contribution >= 4 is 11.6 Å². The molecule has 15 heavy (non-hydrogen) atoms. The molecule has 0 unspecified atom stereocenters. The average molecular weight is 208 g/mol. The Bertz CT molecular complexity index is 309.